The van der Waals surface area contributed by atoms with E-state index in [0.717, 1.165) is 18.4 Å². The van der Waals surface area contributed by atoms with Crippen LogP contribution in [-0.4, -0.2) is 32.3 Å². The van der Waals surface area contributed by atoms with Crippen molar-refractivity contribution in [3.05, 3.63) is 64.5 Å². The van der Waals surface area contributed by atoms with Gasteiger partial charge in [-0.1, -0.05) is 12.1 Å². The number of benzene rings is 2. The molecule has 2 aromatic carbocycles. The van der Waals surface area contributed by atoms with Crippen LogP contribution in [0.1, 0.15) is 39.9 Å². The predicted octanol–water partition coefficient (Wildman–Crippen LogP) is 3.16. The molecule has 7 heteroatoms. The first-order valence-electron chi connectivity index (χ1n) is 8.83. The molecule has 5 nitrogen and oxygen atoms in total. The van der Waals surface area contributed by atoms with Crippen molar-refractivity contribution in [3.8, 4) is 0 Å². The summed E-state index contributed by atoms with van der Waals surface area (Å²) in [4.78, 5) is 15.0. The summed E-state index contributed by atoms with van der Waals surface area (Å²) in [6.45, 7) is 3.80. The van der Waals surface area contributed by atoms with Crippen LogP contribution in [0.3, 0.4) is 0 Å². The zero-order chi connectivity index (χ0) is 19.8. The summed E-state index contributed by atoms with van der Waals surface area (Å²) in [5, 5.41) is 0. The van der Waals surface area contributed by atoms with Crippen molar-refractivity contribution < 1.29 is 17.6 Å². The van der Waals surface area contributed by atoms with Crippen molar-refractivity contribution in [1.29, 1.82) is 0 Å². The molecule has 0 spiro atoms. The first-order valence-corrected chi connectivity index (χ1v) is 10.3. The van der Waals surface area contributed by atoms with Gasteiger partial charge in [-0.15, -0.1) is 0 Å². The second-order valence-corrected chi connectivity index (χ2v) is 8.77. The van der Waals surface area contributed by atoms with E-state index < -0.39 is 10.0 Å². The van der Waals surface area contributed by atoms with Crippen LogP contribution in [0.5, 0.6) is 0 Å². The minimum absolute atomic E-state index is 0.103. The molecule has 0 radical (unpaired) electrons. The summed E-state index contributed by atoms with van der Waals surface area (Å²) in [7, 11) is -2.33. The highest BCUT2D eigenvalue weighted by Crippen LogP contribution is 2.31. The van der Waals surface area contributed by atoms with Crippen molar-refractivity contribution >= 4 is 15.9 Å². The van der Waals surface area contributed by atoms with Gasteiger partial charge in [-0.25, -0.2) is 17.5 Å². The molecule has 0 bridgehead atoms. The summed E-state index contributed by atoms with van der Waals surface area (Å²) in [5.41, 5.74) is 2.39. The maximum absolute atomic E-state index is 13.5. The van der Waals surface area contributed by atoms with E-state index >= 15 is 0 Å². The van der Waals surface area contributed by atoms with Gasteiger partial charge in [0.15, 0.2) is 0 Å². The summed E-state index contributed by atoms with van der Waals surface area (Å²) < 4.78 is 40.4. The monoisotopic (exact) mass is 390 g/mol. The minimum atomic E-state index is -3.67. The molecule has 1 amide bonds. The maximum atomic E-state index is 13.5. The third-order valence-electron chi connectivity index (χ3n) is 4.92. The lowest BCUT2D eigenvalue weighted by Crippen LogP contribution is -2.33. The van der Waals surface area contributed by atoms with Gasteiger partial charge in [0.1, 0.15) is 5.82 Å². The Morgan fingerprint density at radius 1 is 1.22 bits per heavy atom. The van der Waals surface area contributed by atoms with Crippen molar-refractivity contribution in [2.24, 2.45) is 0 Å². The van der Waals surface area contributed by atoms with Crippen molar-refractivity contribution in [2.45, 2.75) is 44.2 Å². The highest BCUT2D eigenvalue weighted by Gasteiger charge is 2.34. The normalized spacial score (nSPS) is 14.2. The number of rotatable bonds is 6. The molecule has 0 saturated heterocycles. The van der Waals surface area contributed by atoms with Gasteiger partial charge in [-0.2, -0.15) is 0 Å². The van der Waals surface area contributed by atoms with Crippen LogP contribution in [-0.2, 0) is 16.6 Å². The predicted molar refractivity (Wildman–Crippen MR) is 101 cm³/mol. The molecule has 1 aliphatic rings. The van der Waals surface area contributed by atoms with Crippen LogP contribution in [0.4, 0.5) is 4.39 Å². The number of sulfonamides is 1. The Morgan fingerprint density at radius 2 is 1.93 bits per heavy atom. The average Bonchev–Trinajstić information content (AvgIpc) is 3.46. The number of aryl methyl sites for hydroxylation is 1. The molecular formula is C20H23FN2O3S. The fourth-order valence-electron chi connectivity index (χ4n) is 3.09. The van der Waals surface area contributed by atoms with Crippen LogP contribution in [0, 0.1) is 19.7 Å². The summed E-state index contributed by atoms with van der Waals surface area (Å²) in [6.07, 6.45) is 1.79. The number of amides is 1. The second-order valence-electron chi connectivity index (χ2n) is 6.92. The second kappa shape index (κ2) is 7.40. The molecule has 27 heavy (non-hydrogen) atoms. The number of hydrogen-bond acceptors (Lipinski definition) is 3. The Labute approximate surface area is 159 Å². The van der Waals surface area contributed by atoms with E-state index in [9.17, 15) is 17.6 Å². The molecule has 0 atom stereocenters. The van der Waals surface area contributed by atoms with Crippen LogP contribution < -0.4 is 4.72 Å². The lowest BCUT2D eigenvalue weighted by atomic mass is 10.0. The van der Waals surface area contributed by atoms with E-state index in [1.54, 1.807) is 36.9 Å². The number of carbonyl (C=O) groups is 1. The van der Waals surface area contributed by atoms with E-state index in [-0.39, 0.29) is 22.7 Å². The Hall–Kier alpha value is -2.25. The lowest BCUT2D eigenvalue weighted by molar-refractivity contribution is 0.0729. The van der Waals surface area contributed by atoms with Gasteiger partial charge < -0.3 is 4.90 Å². The first kappa shape index (κ1) is 19.5. The Balaban J connectivity index is 1.97. The number of nitrogens with one attached hydrogen (secondary N) is 1. The van der Waals surface area contributed by atoms with E-state index in [1.165, 1.54) is 25.2 Å². The highest BCUT2D eigenvalue weighted by molar-refractivity contribution is 7.89. The number of nitrogens with zero attached hydrogens (tertiary/aromatic N) is 1. The van der Waals surface area contributed by atoms with Crippen LogP contribution >= 0.6 is 0 Å². The Kier molecular flexibility index (Phi) is 5.35. The van der Waals surface area contributed by atoms with Gasteiger partial charge in [0.2, 0.25) is 10.0 Å². The van der Waals surface area contributed by atoms with Crippen molar-refractivity contribution in [2.75, 3.05) is 7.05 Å². The van der Waals surface area contributed by atoms with Gasteiger partial charge in [-0.05, 0) is 74.7 Å². The van der Waals surface area contributed by atoms with Gasteiger partial charge in [0, 0.05) is 18.2 Å². The first-order chi connectivity index (χ1) is 12.7. The third-order valence-corrected chi connectivity index (χ3v) is 6.46. The van der Waals surface area contributed by atoms with Crippen LogP contribution in [0.25, 0.3) is 0 Å². The molecule has 3 rings (SSSR count). The summed E-state index contributed by atoms with van der Waals surface area (Å²) >= 11 is 0. The lowest BCUT2D eigenvalue weighted by Gasteiger charge is -2.23. The molecule has 0 aromatic heterocycles. The van der Waals surface area contributed by atoms with Gasteiger partial charge in [0.25, 0.3) is 5.91 Å². The molecule has 1 fully saturated rings. The van der Waals surface area contributed by atoms with Gasteiger partial charge >= 0.3 is 0 Å². The maximum Gasteiger partial charge on any atom is 0.254 e. The van der Waals surface area contributed by atoms with E-state index in [1.807, 2.05) is 0 Å². The smallest absolute Gasteiger partial charge is 0.254 e. The molecule has 1 saturated carbocycles. The SMILES string of the molecule is CNS(=O)(=O)c1cc(C(=O)N(Cc2cccc(F)c2)C2CC2)cc(C)c1C. The summed E-state index contributed by atoms with van der Waals surface area (Å²) in [5.74, 6) is -0.582. The van der Waals surface area contributed by atoms with Crippen molar-refractivity contribution in [3.63, 3.8) is 0 Å². The highest BCUT2D eigenvalue weighted by atomic mass is 32.2. The fraction of sp³-hybridized carbons (Fsp3) is 0.350. The molecule has 0 heterocycles. The quantitative estimate of drug-likeness (QED) is 0.824. The zero-order valence-electron chi connectivity index (χ0n) is 15.6. The topological polar surface area (TPSA) is 66.5 Å². The minimum Gasteiger partial charge on any atom is -0.331 e. The molecule has 2 aromatic rings. The van der Waals surface area contributed by atoms with Gasteiger partial charge in [-0.3, -0.25) is 4.79 Å². The molecule has 0 unspecified atom stereocenters. The molecular weight excluding hydrogens is 367 g/mol. The number of carbonyl (C=O) groups excluding carboxylic acids is 1. The Morgan fingerprint density at radius 3 is 2.52 bits per heavy atom. The standard InChI is InChI=1S/C20H23FN2O3S/c1-13-9-16(11-19(14(13)2)27(25,26)22-3)20(24)23(18-7-8-18)12-15-5-4-6-17(21)10-15/h4-6,9-11,18,22H,7-8,12H2,1-3H3. The van der Waals surface area contributed by atoms with E-state index in [0.29, 0.717) is 23.2 Å². The number of hydrogen-bond donors (Lipinski definition) is 1. The van der Waals surface area contributed by atoms with E-state index in [4.69, 9.17) is 0 Å². The van der Waals surface area contributed by atoms with Gasteiger partial charge in [0.05, 0.1) is 4.90 Å². The largest absolute Gasteiger partial charge is 0.331 e. The third kappa shape index (κ3) is 4.20. The zero-order valence-corrected chi connectivity index (χ0v) is 16.4. The fourth-order valence-corrected chi connectivity index (χ4v) is 4.16. The Bertz CT molecular complexity index is 985. The molecule has 1 aliphatic carbocycles. The van der Waals surface area contributed by atoms with E-state index in [2.05, 4.69) is 4.72 Å². The van der Waals surface area contributed by atoms with Crippen LogP contribution in [0.15, 0.2) is 41.3 Å². The number of halogens is 1. The average molecular weight is 390 g/mol. The van der Waals surface area contributed by atoms with Crippen LogP contribution in [0.2, 0.25) is 0 Å². The summed E-state index contributed by atoms with van der Waals surface area (Å²) in [6, 6.07) is 9.43. The van der Waals surface area contributed by atoms with Crippen molar-refractivity contribution in [1.82, 2.24) is 9.62 Å². The molecule has 144 valence electrons. The molecule has 0 aliphatic heterocycles. The molecule has 1 N–H and O–H groups in total.